The summed E-state index contributed by atoms with van der Waals surface area (Å²) in [5, 5.41) is 19.1. The van der Waals surface area contributed by atoms with Crippen molar-refractivity contribution >= 4 is 24.1 Å². The molecule has 0 atom stereocenters. The van der Waals surface area contributed by atoms with Crippen LogP contribution >= 0.6 is 0 Å². The fraction of sp³-hybridized carbons (Fsp3) is 0. The van der Waals surface area contributed by atoms with Crippen molar-refractivity contribution in [1.82, 2.24) is 0 Å². The average Bonchev–Trinajstić information content (AvgIpc) is 2.16. The topological polar surface area (TPSA) is 92.8 Å². The van der Waals surface area contributed by atoms with Crippen LogP contribution in [-0.2, 0) is 0 Å². The largest absolute Gasteiger partial charge is 0.477 e. The van der Waals surface area contributed by atoms with Crippen molar-refractivity contribution in [2.45, 2.75) is 0 Å². The normalized spacial score (nSPS) is 9.43. The first-order valence-corrected chi connectivity index (χ1v) is 3.54. The minimum absolute atomic E-state index is 0.285. The van der Waals surface area contributed by atoms with Gasteiger partial charge < -0.3 is 5.11 Å². The van der Waals surface area contributed by atoms with E-state index in [1.165, 1.54) is 6.07 Å². The Labute approximate surface area is 78.7 Å². The monoisotopic (exact) mass is 194 g/mol. The molecule has 0 radical (unpaired) electrons. The van der Waals surface area contributed by atoms with E-state index in [4.69, 9.17) is 5.11 Å². The smallest absolute Gasteiger partial charge is 0.342 e. The molecule has 0 aliphatic carbocycles. The van der Waals surface area contributed by atoms with Crippen molar-refractivity contribution in [1.29, 1.82) is 0 Å². The molecule has 72 valence electrons. The first kappa shape index (κ1) is 9.85. The molecule has 0 spiro atoms. The molecule has 0 bridgehead atoms. The number of nitrogens with zero attached hydrogens (tertiary/aromatic N) is 2. The highest BCUT2D eigenvalue weighted by Crippen LogP contribution is 2.23. The van der Waals surface area contributed by atoms with Gasteiger partial charge in [-0.3, -0.25) is 15.1 Å². The third-order valence-corrected chi connectivity index (χ3v) is 1.59. The molecule has 1 aromatic carbocycles. The zero-order valence-corrected chi connectivity index (χ0v) is 7.01. The average molecular weight is 194 g/mol. The fourth-order valence-electron chi connectivity index (χ4n) is 0.953. The van der Waals surface area contributed by atoms with Gasteiger partial charge in [-0.2, -0.15) is 0 Å². The van der Waals surface area contributed by atoms with Gasteiger partial charge in [0, 0.05) is 6.07 Å². The number of aliphatic imine (C=N–C) groups is 1. The third-order valence-electron chi connectivity index (χ3n) is 1.59. The molecule has 0 aliphatic rings. The van der Waals surface area contributed by atoms with E-state index in [0.29, 0.717) is 0 Å². The van der Waals surface area contributed by atoms with E-state index in [-0.39, 0.29) is 11.3 Å². The summed E-state index contributed by atoms with van der Waals surface area (Å²) in [7, 11) is 0. The molecular weight excluding hydrogens is 188 g/mol. The fourth-order valence-corrected chi connectivity index (χ4v) is 0.953. The SMILES string of the molecule is C=Nc1ccc([N+](=O)[O-])c(C(=O)O)c1. The van der Waals surface area contributed by atoms with E-state index >= 15 is 0 Å². The first-order valence-electron chi connectivity index (χ1n) is 3.54. The van der Waals surface area contributed by atoms with Crippen LogP contribution in [0.3, 0.4) is 0 Å². The van der Waals surface area contributed by atoms with Crippen LogP contribution < -0.4 is 0 Å². The van der Waals surface area contributed by atoms with E-state index in [0.717, 1.165) is 12.1 Å². The minimum atomic E-state index is -1.36. The number of hydrogen-bond donors (Lipinski definition) is 1. The molecule has 6 heteroatoms. The summed E-state index contributed by atoms with van der Waals surface area (Å²) in [6.07, 6.45) is 0. The highest BCUT2D eigenvalue weighted by atomic mass is 16.6. The Balaban J connectivity index is 3.38. The van der Waals surface area contributed by atoms with Gasteiger partial charge in [0.1, 0.15) is 5.56 Å². The molecule has 0 saturated carbocycles. The number of nitro benzene ring substituents is 1. The van der Waals surface area contributed by atoms with Gasteiger partial charge in [0.15, 0.2) is 0 Å². The quantitative estimate of drug-likeness (QED) is 0.449. The van der Waals surface area contributed by atoms with Crippen molar-refractivity contribution in [2.75, 3.05) is 0 Å². The van der Waals surface area contributed by atoms with Gasteiger partial charge in [-0.25, -0.2) is 4.79 Å². The standard InChI is InChI=1S/C8H6N2O4/c1-9-5-2-3-7(10(13)14)6(4-5)8(11)12/h2-4H,1H2,(H,11,12). The van der Waals surface area contributed by atoms with Gasteiger partial charge >= 0.3 is 5.97 Å². The zero-order valence-electron chi connectivity index (χ0n) is 7.01. The van der Waals surface area contributed by atoms with E-state index in [2.05, 4.69) is 11.7 Å². The molecule has 0 heterocycles. The highest BCUT2D eigenvalue weighted by molar-refractivity contribution is 5.93. The number of carboxylic acid groups (broad SMARTS) is 1. The number of nitro groups is 1. The van der Waals surface area contributed by atoms with Crippen molar-refractivity contribution in [3.05, 3.63) is 33.9 Å². The summed E-state index contributed by atoms with van der Waals surface area (Å²) in [6.45, 7) is 3.19. The summed E-state index contributed by atoms with van der Waals surface area (Å²) in [5.41, 5.74) is -0.558. The first-order chi connectivity index (χ1) is 6.56. The summed E-state index contributed by atoms with van der Waals surface area (Å²) in [4.78, 5) is 23.8. The molecular formula is C8H6N2O4. The van der Waals surface area contributed by atoms with Gasteiger partial charge in [0.2, 0.25) is 0 Å². The maximum absolute atomic E-state index is 10.6. The van der Waals surface area contributed by atoms with Crippen molar-refractivity contribution in [3.63, 3.8) is 0 Å². The van der Waals surface area contributed by atoms with Crippen LogP contribution in [0, 0.1) is 10.1 Å². The van der Waals surface area contributed by atoms with Crippen LogP contribution in [0.15, 0.2) is 23.2 Å². The van der Waals surface area contributed by atoms with Crippen LogP contribution in [0.2, 0.25) is 0 Å². The maximum Gasteiger partial charge on any atom is 0.342 e. The minimum Gasteiger partial charge on any atom is -0.477 e. The lowest BCUT2D eigenvalue weighted by molar-refractivity contribution is -0.385. The van der Waals surface area contributed by atoms with E-state index in [9.17, 15) is 14.9 Å². The Hall–Kier alpha value is -2.24. The number of rotatable bonds is 3. The predicted octanol–water partition coefficient (Wildman–Crippen LogP) is 1.63. The number of benzene rings is 1. The van der Waals surface area contributed by atoms with E-state index in [1.807, 2.05) is 0 Å². The number of carboxylic acids is 1. The van der Waals surface area contributed by atoms with Gasteiger partial charge in [-0.1, -0.05) is 0 Å². The van der Waals surface area contributed by atoms with Crippen LogP contribution in [-0.4, -0.2) is 22.7 Å². The molecule has 6 nitrogen and oxygen atoms in total. The van der Waals surface area contributed by atoms with Gasteiger partial charge in [-0.15, -0.1) is 0 Å². The van der Waals surface area contributed by atoms with Crippen molar-refractivity contribution in [2.24, 2.45) is 4.99 Å². The van der Waals surface area contributed by atoms with Gasteiger partial charge in [0.05, 0.1) is 10.6 Å². The molecule has 0 amide bonds. The van der Waals surface area contributed by atoms with E-state index in [1.54, 1.807) is 0 Å². The molecule has 1 aromatic rings. The lowest BCUT2D eigenvalue weighted by Gasteiger charge is -1.98. The Kier molecular flexibility index (Phi) is 2.57. The van der Waals surface area contributed by atoms with Crippen molar-refractivity contribution < 1.29 is 14.8 Å². The van der Waals surface area contributed by atoms with Crippen LogP contribution in [0.1, 0.15) is 10.4 Å². The maximum atomic E-state index is 10.6. The second-order valence-corrected chi connectivity index (χ2v) is 2.42. The summed E-state index contributed by atoms with van der Waals surface area (Å²) in [6, 6.07) is 3.53. The second kappa shape index (κ2) is 3.65. The Morgan fingerprint density at radius 3 is 2.64 bits per heavy atom. The Morgan fingerprint density at radius 2 is 2.21 bits per heavy atom. The summed E-state index contributed by atoms with van der Waals surface area (Å²) < 4.78 is 0. The zero-order chi connectivity index (χ0) is 10.7. The summed E-state index contributed by atoms with van der Waals surface area (Å²) in [5.74, 6) is -1.36. The molecule has 0 fully saturated rings. The van der Waals surface area contributed by atoms with Crippen molar-refractivity contribution in [3.8, 4) is 0 Å². The van der Waals surface area contributed by atoms with E-state index < -0.39 is 16.6 Å². The third kappa shape index (κ3) is 1.74. The number of hydrogen-bond acceptors (Lipinski definition) is 4. The molecule has 0 unspecified atom stereocenters. The van der Waals surface area contributed by atoms with Crippen LogP contribution in [0.5, 0.6) is 0 Å². The molecule has 14 heavy (non-hydrogen) atoms. The Morgan fingerprint density at radius 1 is 1.57 bits per heavy atom. The second-order valence-electron chi connectivity index (χ2n) is 2.42. The van der Waals surface area contributed by atoms with Gasteiger partial charge in [-0.05, 0) is 18.9 Å². The molecule has 0 aliphatic heterocycles. The molecule has 0 saturated heterocycles. The lowest BCUT2D eigenvalue weighted by atomic mass is 10.1. The predicted molar refractivity (Wildman–Crippen MR) is 49.3 cm³/mol. The summed E-state index contributed by atoms with van der Waals surface area (Å²) >= 11 is 0. The van der Waals surface area contributed by atoms with Gasteiger partial charge in [0.25, 0.3) is 5.69 Å². The Bertz CT molecular complexity index is 414. The van der Waals surface area contributed by atoms with Crippen LogP contribution in [0.25, 0.3) is 0 Å². The molecule has 1 N–H and O–H groups in total. The molecule has 0 aromatic heterocycles. The molecule has 1 rings (SSSR count). The van der Waals surface area contributed by atoms with Crippen LogP contribution in [0.4, 0.5) is 11.4 Å². The number of carbonyl (C=O) groups is 1. The number of aromatic carboxylic acids is 1. The lowest BCUT2D eigenvalue weighted by Crippen LogP contribution is -2.01. The highest BCUT2D eigenvalue weighted by Gasteiger charge is 2.19.